The molecule has 10 heteroatoms. The van der Waals surface area contributed by atoms with E-state index in [1.165, 1.54) is 49.6 Å². The minimum absolute atomic E-state index is 0.0660. The molecule has 2 amide bonds. The minimum Gasteiger partial charge on any atom is -0.495 e. The number of hydrogen-bond donors (Lipinski definition) is 3. The summed E-state index contributed by atoms with van der Waals surface area (Å²) in [5.41, 5.74) is 4.28. The highest BCUT2D eigenvalue weighted by Gasteiger charge is 2.15. The summed E-state index contributed by atoms with van der Waals surface area (Å²) in [5.74, 6) is -2.20. The summed E-state index contributed by atoms with van der Waals surface area (Å²) >= 11 is 0. The van der Waals surface area contributed by atoms with Gasteiger partial charge in [-0.15, -0.1) is 0 Å². The maximum Gasteiger partial charge on any atom is 0.272 e. The molecule has 0 spiro atoms. The Morgan fingerprint density at radius 1 is 1.15 bits per heavy atom. The molecule has 0 aliphatic rings. The summed E-state index contributed by atoms with van der Waals surface area (Å²) in [6.45, 7) is 0. The molecular formula is C17H16FN3O5S. The van der Waals surface area contributed by atoms with Gasteiger partial charge in [0.2, 0.25) is 10.0 Å². The molecule has 0 aliphatic carbocycles. The van der Waals surface area contributed by atoms with Crippen LogP contribution >= 0.6 is 0 Å². The molecule has 2 aromatic rings. The van der Waals surface area contributed by atoms with E-state index in [-0.39, 0.29) is 16.2 Å². The summed E-state index contributed by atoms with van der Waals surface area (Å²) in [6, 6.07) is 9.41. The molecule has 2 rings (SSSR count). The smallest absolute Gasteiger partial charge is 0.272 e. The predicted octanol–water partition coefficient (Wildman–Crippen LogP) is 0.956. The van der Waals surface area contributed by atoms with Gasteiger partial charge in [0.05, 0.1) is 12.7 Å². The fourth-order valence-electron chi connectivity index (χ4n) is 2.06. The van der Waals surface area contributed by atoms with E-state index in [2.05, 4.69) is 10.9 Å². The third-order valence-electron chi connectivity index (χ3n) is 3.34. The molecule has 0 radical (unpaired) electrons. The number of ether oxygens (including phenoxy) is 1. The maximum absolute atomic E-state index is 13.5. The number of carbonyl (C=O) groups excluding carboxylic acids is 2. The van der Waals surface area contributed by atoms with Crippen LogP contribution in [0.15, 0.2) is 53.4 Å². The number of carbonyl (C=O) groups is 2. The number of amides is 2. The average Bonchev–Trinajstić information content (AvgIpc) is 2.63. The SMILES string of the molecule is COc1ccc(/C=C\C(=O)NNC(=O)c2ccccc2F)cc1S(N)(=O)=O. The van der Waals surface area contributed by atoms with E-state index in [1.807, 2.05) is 0 Å². The molecule has 0 bridgehead atoms. The molecule has 27 heavy (non-hydrogen) atoms. The van der Waals surface area contributed by atoms with Gasteiger partial charge in [0.1, 0.15) is 16.5 Å². The minimum atomic E-state index is -4.01. The normalized spacial score (nSPS) is 11.2. The number of sulfonamides is 1. The molecule has 0 unspecified atom stereocenters. The van der Waals surface area contributed by atoms with Crippen molar-refractivity contribution in [2.45, 2.75) is 4.90 Å². The fraction of sp³-hybridized carbons (Fsp3) is 0.0588. The van der Waals surface area contributed by atoms with Crippen molar-refractivity contribution in [2.75, 3.05) is 7.11 Å². The van der Waals surface area contributed by atoms with E-state index in [1.54, 1.807) is 0 Å². The van der Waals surface area contributed by atoms with E-state index in [9.17, 15) is 22.4 Å². The van der Waals surface area contributed by atoms with Gasteiger partial charge in [0, 0.05) is 6.08 Å². The Labute approximate surface area is 154 Å². The van der Waals surface area contributed by atoms with Crippen LogP contribution in [0.3, 0.4) is 0 Å². The second-order valence-electron chi connectivity index (χ2n) is 5.21. The van der Waals surface area contributed by atoms with E-state index < -0.39 is 27.7 Å². The number of hydrogen-bond acceptors (Lipinski definition) is 5. The molecule has 142 valence electrons. The Kier molecular flexibility index (Phi) is 6.27. The molecule has 2 aromatic carbocycles. The van der Waals surface area contributed by atoms with E-state index in [4.69, 9.17) is 9.88 Å². The first-order valence-corrected chi connectivity index (χ1v) is 9.01. The number of nitrogens with two attached hydrogens (primary N) is 1. The first-order chi connectivity index (χ1) is 12.7. The third kappa shape index (κ3) is 5.36. The summed E-state index contributed by atoms with van der Waals surface area (Å²) in [6.07, 6.45) is 2.36. The van der Waals surface area contributed by atoms with Crippen LogP contribution in [-0.2, 0) is 14.8 Å². The monoisotopic (exact) mass is 393 g/mol. The second kappa shape index (κ2) is 8.43. The van der Waals surface area contributed by atoms with Gasteiger partial charge in [-0.25, -0.2) is 17.9 Å². The standard InChI is InChI=1S/C17H16FN3O5S/c1-26-14-8-6-11(10-15(14)27(19,24)25)7-9-16(22)20-21-17(23)12-4-2-3-5-13(12)18/h2-10H,1H3,(H,20,22)(H,21,23)(H2,19,24,25)/b9-7-. The number of benzene rings is 2. The third-order valence-corrected chi connectivity index (χ3v) is 4.27. The zero-order valence-electron chi connectivity index (χ0n) is 14.1. The topological polar surface area (TPSA) is 128 Å². The van der Waals surface area contributed by atoms with Crippen molar-refractivity contribution in [3.05, 3.63) is 65.5 Å². The van der Waals surface area contributed by atoms with Crippen LogP contribution in [0, 0.1) is 5.82 Å². The van der Waals surface area contributed by atoms with Crippen molar-refractivity contribution >= 4 is 27.9 Å². The van der Waals surface area contributed by atoms with E-state index in [0.717, 1.165) is 12.1 Å². The number of halogens is 1. The average molecular weight is 393 g/mol. The van der Waals surface area contributed by atoms with Crippen LogP contribution in [0.5, 0.6) is 5.75 Å². The van der Waals surface area contributed by atoms with Crippen molar-refractivity contribution in [3.63, 3.8) is 0 Å². The van der Waals surface area contributed by atoms with Crippen LogP contribution in [0.4, 0.5) is 4.39 Å². The Morgan fingerprint density at radius 3 is 2.48 bits per heavy atom. The first kappa shape index (κ1) is 20.1. The maximum atomic E-state index is 13.5. The van der Waals surface area contributed by atoms with Crippen molar-refractivity contribution in [1.29, 1.82) is 0 Å². The predicted molar refractivity (Wildman–Crippen MR) is 95.4 cm³/mol. The summed E-state index contributed by atoms with van der Waals surface area (Å²) in [5, 5.41) is 5.12. The molecular weight excluding hydrogens is 377 g/mol. The molecule has 0 aromatic heterocycles. The highest BCUT2D eigenvalue weighted by molar-refractivity contribution is 7.89. The summed E-state index contributed by atoms with van der Waals surface area (Å²) in [7, 11) is -2.72. The second-order valence-corrected chi connectivity index (χ2v) is 6.74. The Hall–Kier alpha value is -3.24. The van der Waals surface area contributed by atoms with Gasteiger partial charge in [-0.3, -0.25) is 20.4 Å². The van der Waals surface area contributed by atoms with Crippen molar-refractivity contribution < 1.29 is 27.1 Å². The summed E-state index contributed by atoms with van der Waals surface area (Å²) < 4.78 is 41.5. The lowest BCUT2D eigenvalue weighted by Crippen LogP contribution is -2.41. The summed E-state index contributed by atoms with van der Waals surface area (Å²) in [4.78, 5) is 23.3. The van der Waals surface area contributed by atoms with E-state index in [0.29, 0.717) is 5.56 Å². The molecule has 4 N–H and O–H groups in total. The quantitative estimate of drug-likeness (QED) is 0.515. The van der Waals surface area contributed by atoms with Crippen LogP contribution in [0.1, 0.15) is 15.9 Å². The van der Waals surface area contributed by atoms with Crippen LogP contribution in [-0.4, -0.2) is 27.3 Å². The van der Waals surface area contributed by atoms with Gasteiger partial charge in [-0.2, -0.15) is 0 Å². The van der Waals surface area contributed by atoms with Gasteiger partial charge >= 0.3 is 0 Å². The van der Waals surface area contributed by atoms with Gasteiger partial charge in [0.25, 0.3) is 11.8 Å². The van der Waals surface area contributed by atoms with Gasteiger partial charge in [-0.05, 0) is 35.9 Å². The lowest BCUT2D eigenvalue weighted by atomic mass is 10.2. The molecule has 0 saturated heterocycles. The van der Waals surface area contributed by atoms with Crippen molar-refractivity contribution in [1.82, 2.24) is 10.9 Å². The highest BCUT2D eigenvalue weighted by Crippen LogP contribution is 2.24. The van der Waals surface area contributed by atoms with Crippen molar-refractivity contribution in [3.8, 4) is 5.75 Å². The van der Waals surface area contributed by atoms with Crippen LogP contribution in [0.25, 0.3) is 6.08 Å². The highest BCUT2D eigenvalue weighted by atomic mass is 32.2. The Bertz CT molecular complexity index is 1010. The molecule has 0 fully saturated rings. The Balaban J connectivity index is 2.05. The van der Waals surface area contributed by atoms with Gasteiger partial charge in [-0.1, -0.05) is 18.2 Å². The number of methoxy groups -OCH3 is 1. The number of nitrogens with one attached hydrogen (secondary N) is 2. The molecule has 0 saturated carbocycles. The zero-order chi connectivity index (χ0) is 20.0. The lowest BCUT2D eigenvalue weighted by molar-refractivity contribution is -0.117. The molecule has 0 atom stereocenters. The molecule has 0 heterocycles. The molecule has 8 nitrogen and oxygen atoms in total. The lowest BCUT2D eigenvalue weighted by Gasteiger charge is -2.07. The molecule has 0 aliphatic heterocycles. The zero-order valence-corrected chi connectivity index (χ0v) is 14.9. The van der Waals surface area contributed by atoms with Gasteiger partial charge in [0.15, 0.2) is 0 Å². The first-order valence-electron chi connectivity index (χ1n) is 7.46. The fourth-order valence-corrected chi connectivity index (χ4v) is 2.80. The number of hydrazine groups is 1. The largest absolute Gasteiger partial charge is 0.495 e. The number of rotatable bonds is 5. The van der Waals surface area contributed by atoms with Crippen molar-refractivity contribution in [2.24, 2.45) is 5.14 Å². The van der Waals surface area contributed by atoms with Crippen LogP contribution < -0.4 is 20.7 Å². The van der Waals surface area contributed by atoms with Gasteiger partial charge < -0.3 is 4.74 Å². The van der Waals surface area contributed by atoms with E-state index >= 15 is 0 Å². The number of primary sulfonamides is 1. The van der Waals surface area contributed by atoms with Crippen LogP contribution in [0.2, 0.25) is 0 Å². The Morgan fingerprint density at radius 2 is 1.85 bits per heavy atom.